The van der Waals surface area contributed by atoms with Gasteiger partial charge in [0.1, 0.15) is 5.70 Å². The summed E-state index contributed by atoms with van der Waals surface area (Å²) >= 11 is 1.20. The molecule has 1 N–H and O–H groups in total. The van der Waals surface area contributed by atoms with Gasteiger partial charge >= 0.3 is 0 Å². The van der Waals surface area contributed by atoms with Crippen LogP contribution in [-0.2, 0) is 9.59 Å². The van der Waals surface area contributed by atoms with Gasteiger partial charge in [0.25, 0.3) is 5.91 Å². The van der Waals surface area contributed by atoms with Crippen LogP contribution in [-0.4, -0.2) is 29.3 Å². The zero-order chi connectivity index (χ0) is 23.1. The zero-order valence-corrected chi connectivity index (χ0v) is 19.3. The van der Waals surface area contributed by atoms with Crippen LogP contribution in [0.3, 0.4) is 0 Å². The number of aryl methyl sites for hydroxylation is 1. The Bertz CT molecular complexity index is 1080. The van der Waals surface area contributed by atoms with Crippen LogP contribution in [0.25, 0.3) is 6.08 Å². The molecule has 0 aromatic heterocycles. The Balaban J connectivity index is 1.84. The van der Waals surface area contributed by atoms with Gasteiger partial charge < -0.3 is 5.32 Å². The smallest absolute Gasteiger partial charge is 0.283 e. The monoisotopic (exact) mass is 446 g/mol. The third-order valence-corrected chi connectivity index (χ3v) is 5.86. The zero-order valence-electron chi connectivity index (χ0n) is 18.5. The lowest BCUT2D eigenvalue weighted by Crippen LogP contribution is -2.32. The summed E-state index contributed by atoms with van der Waals surface area (Å²) in [4.78, 5) is 31.4. The number of amides is 2. The second-order valence-corrected chi connectivity index (χ2v) is 8.71. The number of hydrogen-bond donors (Lipinski definition) is 1. The molecule has 1 aliphatic rings. The molecule has 0 radical (unpaired) electrons. The van der Waals surface area contributed by atoms with E-state index in [0.717, 1.165) is 11.1 Å². The van der Waals surface area contributed by atoms with Crippen molar-refractivity contribution in [3.63, 3.8) is 0 Å². The van der Waals surface area contributed by atoms with Gasteiger partial charge in [-0.3, -0.25) is 14.5 Å². The first-order valence-electron chi connectivity index (χ1n) is 10.5. The van der Waals surface area contributed by atoms with E-state index in [2.05, 4.69) is 36.3 Å². The van der Waals surface area contributed by atoms with Gasteiger partial charge in [0.15, 0.2) is 5.17 Å². The predicted molar refractivity (Wildman–Crippen MR) is 130 cm³/mol. The second-order valence-electron chi connectivity index (χ2n) is 7.77. The van der Waals surface area contributed by atoms with Gasteiger partial charge in [-0.1, -0.05) is 67.6 Å². The first-order chi connectivity index (χ1) is 15.4. The summed E-state index contributed by atoms with van der Waals surface area (Å²) in [6.07, 6.45) is 2.03. The number of nitrogens with one attached hydrogen (secondary N) is 1. The fraction of sp³-hybridized carbons (Fsp3) is 0.280. The standard InChI is InChI=1S/C25H26N4O2S/c1-17(2)20-9-7-19(8-10-20)15-22-24(31)29(21-11-5-18(3)6-12-21)25(28-22)32-16-23(30)27-14-4-13-26/h5-12,15,17H,4,14,16H2,1-3H3,(H,27,30)/b22-15-. The first-order valence-corrected chi connectivity index (χ1v) is 11.5. The first kappa shape index (κ1) is 23.3. The Morgan fingerprint density at radius 2 is 1.88 bits per heavy atom. The van der Waals surface area contributed by atoms with E-state index in [1.54, 1.807) is 11.0 Å². The van der Waals surface area contributed by atoms with E-state index in [9.17, 15) is 9.59 Å². The number of nitrogens with zero attached hydrogens (tertiary/aromatic N) is 3. The Labute approximate surface area is 193 Å². The van der Waals surface area contributed by atoms with Crippen LogP contribution in [0, 0.1) is 18.3 Å². The van der Waals surface area contributed by atoms with Crippen LogP contribution in [0.5, 0.6) is 0 Å². The van der Waals surface area contributed by atoms with Crippen LogP contribution in [0.1, 0.15) is 42.9 Å². The van der Waals surface area contributed by atoms with Crippen molar-refractivity contribution < 1.29 is 9.59 Å². The third-order valence-electron chi connectivity index (χ3n) is 4.92. The third kappa shape index (κ3) is 5.86. The fourth-order valence-corrected chi connectivity index (χ4v) is 3.93. The van der Waals surface area contributed by atoms with E-state index in [0.29, 0.717) is 29.0 Å². The van der Waals surface area contributed by atoms with Crippen molar-refractivity contribution in [2.24, 2.45) is 4.99 Å². The molecular weight excluding hydrogens is 420 g/mol. The highest BCUT2D eigenvalue weighted by molar-refractivity contribution is 8.14. The van der Waals surface area contributed by atoms with Crippen LogP contribution in [0.15, 0.2) is 59.2 Å². The highest BCUT2D eigenvalue weighted by atomic mass is 32.2. The minimum absolute atomic E-state index is 0.107. The molecule has 0 aliphatic carbocycles. The molecule has 2 aromatic carbocycles. The molecule has 0 saturated heterocycles. The van der Waals surface area contributed by atoms with Gasteiger partial charge in [0, 0.05) is 6.54 Å². The quantitative estimate of drug-likeness (QED) is 0.496. The largest absolute Gasteiger partial charge is 0.354 e. The van der Waals surface area contributed by atoms with Crippen molar-refractivity contribution in [3.8, 4) is 6.07 Å². The minimum Gasteiger partial charge on any atom is -0.354 e. The number of benzene rings is 2. The fourth-order valence-electron chi connectivity index (χ4n) is 3.09. The Morgan fingerprint density at radius 3 is 2.50 bits per heavy atom. The predicted octanol–water partition coefficient (Wildman–Crippen LogP) is 4.63. The van der Waals surface area contributed by atoms with Crippen LogP contribution < -0.4 is 10.2 Å². The summed E-state index contributed by atoms with van der Waals surface area (Å²) in [5, 5.41) is 11.8. The van der Waals surface area contributed by atoms with E-state index >= 15 is 0 Å². The Hall–Kier alpha value is -3.37. The normalized spacial score (nSPS) is 14.6. The molecule has 0 spiro atoms. The van der Waals surface area contributed by atoms with E-state index in [4.69, 9.17) is 5.26 Å². The summed E-state index contributed by atoms with van der Waals surface area (Å²) < 4.78 is 0. The number of carbonyl (C=O) groups excluding carboxylic acids is 2. The van der Waals surface area contributed by atoms with Crippen molar-refractivity contribution in [1.82, 2.24) is 5.32 Å². The average molecular weight is 447 g/mol. The number of hydrogen-bond acceptors (Lipinski definition) is 5. The lowest BCUT2D eigenvalue weighted by atomic mass is 10.0. The van der Waals surface area contributed by atoms with Crippen LogP contribution in [0.2, 0.25) is 0 Å². The summed E-state index contributed by atoms with van der Waals surface area (Å²) in [5.74, 6) is 0.110. The van der Waals surface area contributed by atoms with Gasteiger partial charge in [0.2, 0.25) is 5.91 Å². The summed E-state index contributed by atoms with van der Waals surface area (Å²) in [5.41, 5.74) is 4.24. The molecule has 1 aliphatic heterocycles. The number of nitriles is 1. The molecule has 1 heterocycles. The van der Waals surface area contributed by atoms with Crippen molar-refractivity contribution >= 4 is 40.5 Å². The van der Waals surface area contributed by atoms with E-state index in [-0.39, 0.29) is 24.0 Å². The molecule has 3 rings (SSSR count). The molecule has 2 aromatic rings. The summed E-state index contributed by atoms with van der Waals surface area (Å²) in [7, 11) is 0. The molecule has 32 heavy (non-hydrogen) atoms. The lowest BCUT2D eigenvalue weighted by Gasteiger charge is -2.18. The van der Waals surface area contributed by atoms with Crippen LogP contribution >= 0.6 is 11.8 Å². The number of amidine groups is 1. The Kier molecular flexibility index (Phi) is 7.85. The van der Waals surface area contributed by atoms with Gasteiger partial charge in [-0.25, -0.2) is 4.99 Å². The van der Waals surface area contributed by atoms with E-state index < -0.39 is 0 Å². The van der Waals surface area contributed by atoms with E-state index in [1.165, 1.54) is 17.3 Å². The number of anilines is 1. The van der Waals surface area contributed by atoms with Crippen molar-refractivity contribution in [2.45, 2.75) is 33.1 Å². The maximum Gasteiger partial charge on any atom is 0.283 e. The SMILES string of the molecule is Cc1ccc(N2C(=O)/C(=C/c3ccc(C(C)C)cc3)N=C2SCC(=O)NCCC#N)cc1. The molecule has 2 amide bonds. The second kappa shape index (κ2) is 10.8. The molecule has 164 valence electrons. The molecule has 0 atom stereocenters. The number of carbonyl (C=O) groups is 2. The highest BCUT2D eigenvalue weighted by Crippen LogP contribution is 2.30. The lowest BCUT2D eigenvalue weighted by molar-refractivity contribution is -0.118. The molecule has 0 unspecified atom stereocenters. The van der Waals surface area contributed by atoms with Crippen molar-refractivity contribution in [2.75, 3.05) is 17.2 Å². The highest BCUT2D eigenvalue weighted by Gasteiger charge is 2.32. The molecule has 0 bridgehead atoms. The molecule has 0 saturated carbocycles. The molecule has 0 fully saturated rings. The number of thioether (sulfide) groups is 1. The van der Waals surface area contributed by atoms with Crippen LogP contribution in [0.4, 0.5) is 5.69 Å². The maximum atomic E-state index is 13.2. The summed E-state index contributed by atoms with van der Waals surface area (Å²) in [6.45, 7) is 6.56. The maximum absolute atomic E-state index is 13.2. The van der Waals surface area contributed by atoms with Gasteiger partial charge in [-0.05, 0) is 42.2 Å². The molecule has 6 nitrogen and oxygen atoms in total. The van der Waals surface area contributed by atoms with Crippen molar-refractivity contribution in [3.05, 3.63) is 70.9 Å². The number of aliphatic imine (C=N–C) groups is 1. The average Bonchev–Trinajstić information content (AvgIpc) is 3.08. The minimum atomic E-state index is -0.228. The summed E-state index contributed by atoms with van der Waals surface area (Å²) in [6, 6.07) is 17.7. The molecular formula is C25H26N4O2S. The molecule has 7 heteroatoms. The Morgan fingerprint density at radius 1 is 1.19 bits per heavy atom. The topological polar surface area (TPSA) is 85.6 Å². The van der Waals surface area contributed by atoms with Gasteiger partial charge in [-0.2, -0.15) is 5.26 Å². The van der Waals surface area contributed by atoms with Gasteiger partial charge in [0.05, 0.1) is 23.9 Å². The van der Waals surface area contributed by atoms with Gasteiger partial charge in [-0.15, -0.1) is 0 Å². The van der Waals surface area contributed by atoms with Crippen molar-refractivity contribution in [1.29, 1.82) is 5.26 Å². The number of rotatable bonds is 7. The van der Waals surface area contributed by atoms with E-state index in [1.807, 2.05) is 49.4 Å².